The number of ketones is 1. The van der Waals surface area contributed by atoms with Crippen molar-refractivity contribution in [1.29, 1.82) is 0 Å². The number of aromatic nitrogens is 2. The van der Waals surface area contributed by atoms with Gasteiger partial charge in [0.15, 0.2) is 5.78 Å². The lowest BCUT2D eigenvalue weighted by atomic mass is 10.0. The molecular weight excluding hydrogens is 400 g/mol. The van der Waals surface area contributed by atoms with E-state index in [1.807, 2.05) is 31.2 Å². The summed E-state index contributed by atoms with van der Waals surface area (Å²) in [6, 6.07) is 12.6. The minimum atomic E-state index is -0.0639. The van der Waals surface area contributed by atoms with Crippen molar-refractivity contribution in [3.63, 3.8) is 0 Å². The maximum Gasteiger partial charge on any atom is 0.226 e. The Bertz CT molecular complexity index is 1070. The van der Waals surface area contributed by atoms with Crippen LogP contribution >= 0.6 is 11.6 Å². The lowest BCUT2D eigenvalue weighted by molar-refractivity contribution is -0.118. The first-order valence-electron chi connectivity index (χ1n) is 9.65. The van der Waals surface area contributed by atoms with Gasteiger partial charge in [-0.1, -0.05) is 36.7 Å². The lowest BCUT2D eigenvalue weighted by Crippen LogP contribution is -2.24. The highest BCUT2D eigenvalue weighted by Gasteiger charge is 2.13. The van der Waals surface area contributed by atoms with Gasteiger partial charge in [-0.3, -0.25) is 14.6 Å². The molecule has 1 aromatic carbocycles. The Kier molecular flexibility index (Phi) is 6.79. The first kappa shape index (κ1) is 21.5. The highest BCUT2D eigenvalue weighted by Crippen LogP contribution is 2.31. The van der Waals surface area contributed by atoms with E-state index >= 15 is 0 Å². The molecule has 0 saturated heterocycles. The highest BCUT2D eigenvalue weighted by molar-refractivity contribution is 6.33. The second-order valence-corrected chi connectivity index (χ2v) is 7.28. The Morgan fingerprint density at radius 1 is 1.13 bits per heavy atom. The lowest BCUT2D eigenvalue weighted by Gasteiger charge is -2.17. The van der Waals surface area contributed by atoms with Gasteiger partial charge in [0.05, 0.1) is 5.02 Å². The number of benzene rings is 1. The summed E-state index contributed by atoms with van der Waals surface area (Å²) in [5.74, 6) is 0.389. The van der Waals surface area contributed by atoms with Crippen molar-refractivity contribution in [3.05, 3.63) is 71.1 Å². The number of nitrogens with two attached hydrogens (primary N) is 1. The van der Waals surface area contributed by atoms with E-state index in [1.165, 1.54) is 0 Å². The van der Waals surface area contributed by atoms with E-state index in [4.69, 9.17) is 17.3 Å². The minimum absolute atomic E-state index is 0.0105. The van der Waals surface area contributed by atoms with E-state index in [0.717, 1.165) is 22.4 Å². The van der Waals surface area contributed by atoms with Crippen LogP contribution in [-0.2, 0) is 11.2 Å². The summed E-state index contributed by atoms with van der Waals surface area (Å²) >= 11 is 6.44. The van der Waals surface area contributed by atoms with Crippen LogP contribution in [0.1, 0.15) is 35.8 Å². The fourth-order valence-electron chi connectivity index (χ4n) is 3.08. The number of anilines is 2. The number of nitrogens with zero attached hydrogens (tertiary/aromatic N) is 3. The van der Waals surface area contributed by atoms with Crippen LogP contribution in [0.5, 0.6) is 0 Å². The second-order valence-electron chi connectivity index (χ2n) is 6.87. The van der Waals surface area contributed by atoms with Crippen molar-refractivity contribution in [3.8, 4) is 11.1 Å². The Hall–Kier alpha value is -3.25. The Morgan fingerprint density at radius 3 is 2.57 bits per heavy atom. The molecule has 0 atom stereocenters. The molecule has 2 aromatic heterocycles. The van der Waals surface area contributed by atoms with Gasteiger partial charge in [0.25, 0.3) is 0 Å². The number of carbonyl (C=O) groups is 2. The number of amides is 1. The van der Waals surface area contributed by atoms with Gasteiger partial charge in [-0.05, 0) is 36.2 Å². The average molecular weight is 423 g/mol. The van der Waals surface area contributed by atoms with Crippen LogP contribution in [0.25, 0.3) is 11.1 Å². The molecule has 0 unspecified atom stereocenters. The van der Waals surface area contributed by atoms with Crippen molar-refractivity contribution in [2.24, 2.45) is 0 Å². The number of hydrogen-bond donors (Lipinski definition) is 1. The molecule has 7 heteroatoms. The molecule has 2 N–H and O–H groups in total. The Labute approximate surface area is 180 Å². The number of nitrogen functional groups attached to an aromatic ring is 1. The monoisotopic (exact) mass is 422 g/mol. The standard InChI is InChI=1S/C23H23ClN4O2/c1-3-22(30)28(2)17-8-9-18(19(24)13-17)16-6-10-20(27-14-16)21(29)11-7-15-5-4-12-26-23(15)25/h4-6,8-10,12-14H,3,7,11H2,1-2H3,(H2,25,26). The van der Waals surface area contributed by atoms with E-state index in [-0.39, 0.29) is 11.7 Å². The molecule has 3 aromatic rings. The van der Waals surface area contributed by atoms with Crippen LogP contribution in [0.2, 0.25) is 5.02 Å². The fourth-order valence-corrected chi connectivity index (χ4v) is 3.37. The quantitative estimate of drug-likeness (QED) is 0.563. The zero-order valence-electron chi connectivity index (χ0n) is 16.9. The Morgan fingerprint density at radius 2 is 1.93 bits per heavy atom. The fraction of sp³-hybridized carbons (Fsp3) is 0.217. The summed E-state index contributed by atoms with van der Waals surface area (Å²) in [6.45, 7) is 1.81. The summed E-state index contributed by atoms with van der Waals surface area (Å²) in [5, 5.41) is 0.510. The Balaban J connectivity index is 1.71. The van der Waals surface area contributed by atoms with Gasteiger partial charge in [-0.2, -0.15) is 0 Å². The third-order valence-electron chi connectivity index (χ3n) is 4.92. The van der Waals surface area contributed by atoms with Gasteiger partial charge in [-0.15, -0.1) is 0 Å². The molecule has 0 saturated carbocycles. The van der Waals surface area contributed by atoms with Gasteiger partial charge in [0, 0.05) is 49.1 Å². The van der Waals surface area contributed by atoms with E-state index in [9.17, 15) is 9.59 Å². The molecule has 3 rings (SSSR count). The predicted molar refractivity (Wildman–Crippen MR) is 120 cm³/mol. The molecule has 0 aliphatic rings. The number of rotatable bonds is 7. The summed E-state index contributed by atoms with van der Waals surface area (Å²) in [5.41, 5.74) is 9.37. The smallest absolute Gasteiger partial charge is 0.226 e. The topological polar surface area (TPSA) is 89.2 Å². The van der Waals surface area contributed by atoms with E-state index in [0.29, 0.717) is 35.8 Å². The van der Waals surface area contributed by atoms with Gasteiger partial charge in [0.1, 0.15) is 11.5 Å². The molecule has 2 heterocycles. The number of aryl methyl sites for hydroxylation is 1. The summed E-state index contributed by atoms with van der Waals surface area (Å²) in [7, 11) is 1.72. The number of hydrogen-bond acceptors (Lipinski definition) is 5. The molecule has 154 valence electrons. The minimum Gasteiger partial charge on any atom is -0.383 e. The molecule has 6 nitrogen and oxygen atoms in total. The summed E-state index contributed by atoms with van der Waals surface area (Å²) in [6.07, 6.45) is 4.49. The first-order valence-corrected chi connectivity index (χ1v) is 10.0. The zero-order chi connectivity index (χ0) is 21.7. The molecule has 0 fully saturated rings. The molecule has 0 radical (unpaired) electrons. The van der Waals surface area contributed by atoms with Gasteiger partial charge in [0.2, 0.25) is 5.91 Å². The highest BCUT2D eigenvalue weighted by atomic mass is 35.5. The second kappa shape index (κ2) is 9.50. The van der Waals surface area contributed by atoms with Gasteiger partial charge < -0.3 is 10.6 Å². The van der Waals surface area contributed by atoms with Crippen LogP contribution in [0.4, 0.5) is 11.5 Å². The van der Waals surface area contributed by atoms with Crippen molar-refractivity contribution >= 4 is 34.8 Å². The van der Waals surface area contributed by atoms with E-state index in [2.05, 4.69) is 9.97 Å². The normalized spacial score (nSPS) is 10.6. The van der Waals surface area contributed by atoms with Crippen LogP contribution in [-0.4, -0.2) is 28.7 Å². The van der Waals surface area contributed by atoms with E-state index in [1.54, 1.807) is 42.5 Å². The third kappa shape index (κ3) is 4.83. The molecule has 0 aliphatic carbocycles. The maximum atomic E-state index is 12.5. The number of carbonyl (C=O) groups excluding carboxylic acids is 2. The van der Waals surface area contributed by atoms with Crippen molar-refractivity contribution in [2.75, 3.05) is 17.7 Å². The summed E-state index contributed by atoms with van der Waals surface area (Å²) < 4.78 is 0. The van der Waals surface area contributed by atoms with Crippen LogP contribution in [0, 0.1) is 0 Å². The van der Waals surface area contributed by atoms with Crippen molar-refractivity contribution in [1.82, 2.24) is 9.97 Å². The molecule has 0 aliphatic heterocycles. The maximum absolute atomic E-state index is 12.5. The van der Waals surface area contributed by atoms with Crippen molar-refractivity contribution in [2.45, 2.75) is 26.2 Å². The molecule has 1 amide bonds. The number of halogens is 1. The first-order chi connectivity index (χ1) is 14.4. The number of Topliss-reactive ketones (excluding diaryl/α,β-unsaturated/α-hetero) is 1. The summed E-state index contributed by atoms with van der Waals surface area (Å²) in [4.78, 5) is 34.3. The van der Waals surface area contributed by atoms with Gasteiger partial charge >= 0.3 is 0 Å². The van der Waals surface area contributed by atoms with Crippen LogP contribution in [0.3, 0.4) is 0 Å². The van der Waals surface area contributed by atoms with Crippen molar-refractivity contribution < 1.29 is 9.59 Å². The molecule has 0 bridgehead atoms. The average Bonchev–Trinajstić information content (AvgIpc) is 2.77. The SMILES string of the molecule is CCC(=O)N(C)c1ccc(-c2ccc(C(=O)CCc3cccnc3N)nc2)c(Cl)c1. The van der Waals surface area contributed by atoms with Gasteiger partial charge in [-0.25, -0.2) is 4.98 Å². The molecule has 0 spiro atoms. The van der Waals surface area contributed by atoms with Crippen LogP contribution in [0.15, 0.2) is 54.9 Å². The molecule has 30 heavy (non-hydrogen) atoms. The third-order valence-corrected chi connectivity index (χ3v) is 5.24. The zero-order valence-corrected chi connectivity index (χ0v) is 17.7. The largest absolute Gasteiger partial charge is 0.383 e. The predicted octanol–water partition coefficient (Wildman–Crippen LogP) is 4.57. The number of pyridine rings is 2. The van der Waals surface area contributed by atoms with E-state index < -0.39 is 0 Å². The van der Waals surface area contributed by atoms with Crippen LogP contribution < -0.4 is 10.6 Å². The molecular formula is C23H23ClN4O2.